The minimum absolute atomic E-state index is 0.0455. The van der Waals surface area contributed by atoms with Gasteiger partial charge in [0.05, 0.1) is 5.69 Å². The maximum absolute atomic E-state index is 11.5. The molecule has 0 saturated heterocycles. The van der Waals surface area contributed by atoms with Gasteiger partial charge in [0.25, 0.3) is 5.91 Å². The maximum atomic E-state index is 11.5. The van der Waals surface area contributed by atoms with E-state index in [-0.39, 0.29) is 18.6 Å². The van der Waals surface area contributed by atoms with Gasteiger partial charge in [0.2, 0.25) is 0 Å². The smallest absolute Gasteiger partial charge is 0.258 e. The van der Waals surface area contributed by atoms with E-state index in [1.54, 1.807) is 18.2 Å². The lowest BCUT2D eigenvalue weighted by Crippen LogP contribution is -2.35. The first-order chi connectivity index (χ1) is 8.02. The summed E-state index contributed by atoms with van der Waals surface area (Å²) >= 11 is 5.75. The van der Waals surface area contributed by atoms with E-state index in [1.807, 2.05) is 13.8 Å². The van der Waals surface area contributed by atoms with Crippen LogP contribution in [0.3, 0.4) is 0 Å². The third-order valence-electron chi connectivity index (χ3n) is 2.35. The molecule has 4 nitrogen and oxygen atoms in total. The van der Waals surface area contributed by atoms with Gasteiger partial charge in [-0.15, -0.1) is 0 Å². The van der Waals surface area contributed by atoms with Gasteiger partial charge in [0.15, 0.2) is 6.61 Å². The number of carbonyl (C=O) groups is 1. The van der Waals surface area contributed by atoms with Crippen LogP contribution in [0.2, 0.25) is 5.02 Å². The van der Waals surface area contributed by atoms with Crippen LogP contribution in [0.4, 0.5) is 5.69 Å². The van der Waals surface area contributed by atoms with E-state index in [0.717, 1.165) is 6.42 Å². The quantitative estimate of drug-likeness (QED) is 0.794. The van der Waals surface area contributed by atoms with E-state index in [4.69, 9.17) is 22.1 Å². The van der Waals surface area contributed by atoms with E-state index in [0.29, 0.717) is 16.5 Å². The van der Waals surface area contributed by atoms with Gasteiger partial charge in [-0.05, 0) is 31.5 Å². The molecular formula is C12H17ClN2O2. The fourth-order valence-corrected chi connectivity index (χ4v) is 1.39. The second kappa shape index (κ2) is 6.35. The predicted octanol–water partition coefficient (Wildman–Crippen LogP) is 2.22. The van der Waals surface area contributed by atoms with Crippen LogP contribution in [0, 0.1) is 0 Å². The summed E-state index contributed by atoms with van der Waals surface area (Å²) in [7, 11) is 0. The topological polar surface area (TPSA) is 64.3 Å². The molecule has 0 bridgehead atoms. The first kappa shape index (κ1) is 13.6. The van der Waals surface area contributed by atoms with E-state index >= 15 is 0 Å². The minimum atomic E-state index is -0.159. The Hall–Kier alpha value is -1.42. The molecule has 17 heavy (non-hydrogen) atoms. The van der Waals surface area contributed by atoms with Gasteiger partial charge in [0, 0.05) is 11.1 Å². The number of carbonyl (C=O) groups excluding carboxylic acids is 1. The summed E-state index contributed by atoms with van der Waals surface area (Å²) in [6, 6.07) is 5.05. The van der Waals surface area contributed by atoms with Gasteiger partial charge in [-0.2, -0.15) is 0 Å². The monoisotopic (exact) mass is 256 g/mol. The first-order valence-corrected chi connectivity index (χ1v) is 5.88. The van der Waals surface area contributed by atoms with E-state index in [2.05, 4.69) is 5.32 Å². The van der Waals surface area contributed by atoms with Crippen molar-refractivity contribution in [3.63, 3.8) is 0 Å². The van der Waals surface area contributed by atoms with Gasteiger partial charge in [-0.1, -0.05) is 18.5 Å². The Morgan fingerprint density at radius 1 is 1.59 bits per heavy atom. The molecule has 0 aliphatic heterocycles. The van der Waals surface area contributed by atoms with Crippen molar-refractivity contribution >= 4 is 23.2 Å². The Balaban J connectivity index is 2.47. The molecule has 3 N–H and O–H groups in total. The van der Waals surface area contributed by atoms with Crippen LogP contribution in [-0.4, -0.2) is 18.6 Å². The van der Waals surface area contributed by atoms with Crippen molar-refractivity contribution in [2.24, 2.45) is 0 Å². The van der Waals surface area contributed by atoms with Crippen LogP contribution in [-0.2, 0) is 4.79 Å². The Morgan fingerprint density at radius 2 is 2.29 bits per heavy atom. The molecular weight excluding hydrogens is 240 g/mol. The lowest BCUT2D eigenvalue weighted by molar-refractivity contribution is -0.123. The molecule has 0 spiro atoms. The Labute approximate surface area is 106 Å². The van der Waals surface area contributed by atoms with Crippen molar-refractivity contribution in [3.8, 4) is 5.75 Å². The number of halogens is 1. The van der Waals surface area contributed by atoms with E-state index in [9.17, 15) is 4.79 Å². The van der Waals surface area contributed by atoms with Crippen molar-refractivity contribution in [2.75, 3.05) is 12.3 Å². The number of benzene rings is 1. The Kier molecular flexibility index (Phi) is 5.10. The van der Waals surface area contributed by atoms with Crippen LogP contribution in [0.1, 0.15) is 20.3 Å². The zero-order chi connectivity index (χ0) is 12.8. The van der Waals surface area contributed by atoms with Gasteiger partial charge in [-0.25, -0.2) is 0 Å². The van der Waals surface area contributed by atoms with Crippen LogP contribution in [0.15, 0.2) is 18.2 Å². The Morgan fingerprint density at radius 3 is 2.88 bits per heavy atom. The molecule has 94 valence electrons. The fraction of sp³-hybridized carbons (Fsp3) is 0.417. The van der Waals surface area contributed by atoms with Gasteiger partial charge < -0.3 is 15.8 Å². The normalized spacial score (nSPS) is 11.9. The summed E-state index contributed by atoms with van der Waals surface area (Å²) in [6.07, 6.45) is 0.884. The second-order valence-electron chi connectivity index (χ2n) is 3.85. The fourth-order valence-electron chi connectivity index (χ4n) is 1.21. The molecule has 0 aliphatic rings. The number of amides is 1. The number of hydrogen-bond acceptors (Lipinski definition) is 3. The minimum Gasteiger partial charge on any atom is -0.482 e. The predicted molar refractivity (Wildman–Crippen MR) is 69.3 cm³/mol. The highest BCUT2D eigenvalue weighted by Crippen LogP contribution is 2.24. The van der Waals surface area contributed by atoms with E-state index < -0.39 is 0 Å². The molecule has 1 aromatic carbocycles. The number of nitrogens with two attached hydrogens (primary N) is 1. The highest BCUT2D eigenvalue weighted by atomic mass is 35.5. The third-order valence-corrected chi connectivity index (χ3v) is 2.59. The van der Waals surface area contributed by atoms with Crippen molar-refractivity contribution in [3.05, 3.63) is 23.2 Å². The zero-order valence-electron chi connectivity index (χ0n) is 10.00. The summed E-state index contributed by atoms with van der Waals surface area (Å²) in [6.45, 7) is 3.90. The summed E-state index contributed by atoms with van der Waals surface area (Å²) in [5, 5.41) is 3.34. The molecule has 1 aromatic rings. The summed E-state index contributed by atoms with van der Waals surface area (Å²) < 4.78 is 5.30. The van der Waals surface area contributed by atoms with Gasteiger partial charge in [-0.3, -0.25) is 4.79 Å². The third kappa shape index (κ3) is 4.53. The average Bonchev–Trinajstić information content (AvgIpc) is 2.27. The summed E-state index contributed by atoms with van der Waals surface area (Å²) in [5.74, 6) is 0.308. The van der Waals surface area contributed by atoms with Crippen molar-refractivity contribution in [1.29, 1.82) is 0 Å². The van der Waals surface area contributed by atoms with Gasteiger partial charge in [0.1, 0.15) is 5.75 Å². The number of anilines is 1. The molecule has 1 unspecified atom stereocenters. The molecule has 1 rings (SSSR count). The molecule has 0 heterocycles. The molecule has 0 saturated carbocycles. The van der Waals surface area contributed by atoms with Crippen LogP contribution in [0.25, 0.3) is 0 Å². The Bertz CT molecular complexity index is 396. The molecule has 1 atom stereocenters. The molecule has 0 radical (unpaired) electrons. The average molecular weight is 257 g/mol. The number of rotatable bonds is 5. The molecule has 0 aromatic heterocycles. The van der Waals surface area contributed by atoms with Crippen LogP contribution >= 0.6 is 11.6 Å². The van der Waals surface area contributed by atoms with Gasteiger partial charge >= 0.3 is 0 Å². The SMILES string of the molecule is CCC(C)NC(=O)COc1ccc(Cl)cc1N. The largest absolute Gasteiger partial charge is 0.482 e. The summed E-state index contributed by atoms with van der Waals surface area (Å²) in [4.78, 5) is 11.5. The molecule has 5 heteroatoms. The number of hydrogen-bond donors (Lipinski definition) is 2. The molecule has 0 aliphatic carbocycles. The maximum Gasteiger partial charge on any atom is 0.258 e. The van der Waals surface area contributed by atoms with Crippen molar-refractivity contribution in [2.45, 2.75) is 26.3 Å². The standard InChI is InChI=1S/C12H17ClN2O2/c1-3-8(2)15-12(16)7-17-11-5-4-9(13)6-10(11)14/h4-6,8H,3,7,14H2,1-2H3,(H,15,16). The number of ether oxygens (including phenoxy) is 1. The highest BCUT2D eigenvalue weighted by Gasteiger charge is 2.07. The van der Waals surface area contributed by atoms with Crippen LogP contribution < -0.4 is 15.8 Å². The number of nitrogen functional groups attached to an aromatic ring is 1. The lowest BCUT2D eigenvalue weighted by atomic mass is 10.2. The van der Waals surface area contributed by atoms with Crippen molar-refractivity contribution in [1.82, 2.24) is 5.32 Å². The zero-order valence-corrected chi connectivity index (χ0v) is 10.8. The lowest BCUT2D eigenvalue weighted by Gasteiger charge is -2.12. The molecule has 0 fully saturated rings. The second-order valence-corrected chi connectivity index (χ2v) is 4.28. The van der Waals surface area contributed by atoms with Crippen molar-refractivity contribution < 1.29 is 9.53 Å². The van der Waals surface area contributed by atoms with Crippen LogP contribution in [0.5, 0.6) is 5.75 Å². The number of nitrogens with one attached hydrogen (secondary N) is 1. The molecule has 1 amide bonds. The first-order valence-electron chi connectivity index (χ1n) is 5.50. The van der Waals surface area contributed by atoms with E-state index in [1.165, 1.54) is 0 Å². The highest BCUT2D eigenvalue weighted by molar-refractivity contribution is 6.30. The summed E-state index contributed by atoms with van der Waals surface area (Å²) in [5.41, 5.74) is 6.12.